The fourth-order valence-corrected chi connectivity index (χ4v) is 3.72. The molecule has 0 unspecified atom stereocenters. The van der Waals surface area contributed by atoms with E-state index in [9.17, 15) is 0 Å². The molecule has 4 rings (SSSR count). The summed E-state index contributed by atoms with van der Waals surface area (Å²) in [5.41, 5.74) is 5.94. The van der Waals surface area contributed by atoms with Crippen LogP contribution in [0, 0.1) is 0 Å². The van der Waals surface area contributed by atoms with Crippen molar-refractivity contribution in [3.05, 3.63) is 78.9 Å². The monoisotopic (exact) mass is 301 g/mol. The van der Waals surface area contributed by atoms with Gasteiger partial charge in [0, 0.05) is 15.4 Å². The van der Waals surface area contributed by atoms with Crippen molar-refractivity contribution >= 4 is 29.2 Å². The Morgan fingerprint density at radius 3 is 2.55 bits per heavy atom. The van der Waals surface area contributed by atoms with E-state index in [4.69, 9.17) is 0 Å². The molecule has 0 aromatic heterocycles. The molecule has 1 N–H and O–H groups in total. The lowest BCUT2D eigenvalue weighted by atomic mass is 10.0. The zero-order valence-electron chi connectivity index (χ0n) is 12.0. The van der Waals surface area contributed by atoms with E-state index in [-0.39, 0.29) is 0 Å². The lowest BCUT2D eigenvalue weighted by molar-refractivity contribution is 1.31. The normalized spacial score (nSPS) is 12.0. The van der Waals surface area contributed by atoms with Gasteiger partial charge in [0.1, 0.15) is 0 Å². The standard InChI is InChI=1S/C20H15NS/c1-2-14-11-12-18-17(13-14)21-20-16(9-6-10-19(20)22-18)15-7-4-3-5-8-15/h2-13,21H,1H2. The van der Waals surface area contributed by atoms with Crippen LogP contribution in [0.25, 0.3) is 17.2 Å². The van der Waals surface area contributed by atoms with Gasteiger partial charge in [0.25, 0.3) is 0 Å². The summed E-state index contributed by atoms with van der Waals surface area (Å²) < 4.78 is 0. The van der Waals surface area contributed by atoms with Gasteiger partial charge in [-0.3, -0.25) is 0 Å². The van der Waals surface area contributed by atoms with E-state index in [0.29, 0.717) is 0 Å². The average Bonchev–Trinajstić information content (AvgIpc) is 2.59. The van der Waals surface area contributed by atoms with Crippen molar-refractivity contribution < 1.29 is 0 Å². The number of fused-ring (bicyclic) bond motifs is 2. The van der Waals surface area contributed by atoms with Crippen LogP contribution in [-0.2, 0) is 0 Å². The van der Waals surface area contributed by atoms with E-state index in [1.165, 1.54) is 26.6 Å². The highest BCUT2D eigenvalue weighted by molar-refractivity contribution is 7.99. The first-order valence-electron chi connectivity index (χ1n) is 7.25. The SMILES string of the molecule is C=Cc1ccc2c(c1)Nc1c(cccc1-c1ccccc1)S2. The van der Waals surface area contributed by atoms with Gasteiger partial charge in [-0.15, -0.1) is 0 Å². The number of para-hydroxylation sites is 1. The summed E-state index contributed by atoms with van der Waals surface area (Å²) in [5.74, 6) is 0. The highest BCUT2D eigenvalue weighted by Gasteiger charge is 2.18. The number of benzene rings is 3. The number of hydrogen-bond donors (Lipinski definition) is 1. The topological polar surface area (TPSA) is 12.0 Å². The van der Waals surface area contributed by atoms with Crippen LogP contribution in [0.5, 0.6) is 0 Å². The van der Waals surface area contributed by atoms with Crippen molar-refractivity contribution in [3.8, 4) is 11.1 Å². The summed E-state index contributed by atoms with van der Waals surface area (Å²) in [6.45, 7) is 3.85. The van der Waals surface area contributed by atoms with E-state index in [1.807, 2.05) is 23.9 Å². The summed E-state index contributed by atoms with van der Waals surface area (Å²) in [6.07, 6.45) is 1.88. The van der Waals surface area contributed by atoms with Gasteiger partial charge in [-0.1, -0.05) is 72.9 Å². The third kappa shape index (κ3) is 2.22. The summed E-state index contributed by atoms with van der Waals surface area (Å²) in [4.78, 5) is 2.52. The number of hydrogen-bond acceptors (Lipinski definition) is 2. The van der Waals surface area contributed by atoms with Crippen LogP contribution < -0.4 is 5.32 Å². The van der Waals surface area contributed by atoms with Crippen molar-refractivity contribution in [2.75, 3.05) is 5.32 Å². The lowest BCUT2D eigenvalue weighted by Crippen LogP contribution is -2.02. The van der Waals surface area contributed by atoms with E-state index in [1.54, 1.807) is 0 Å². The summed E-state index contributed by atoms with van der Waals surface area (Å²) >= 11 is 1.81. The van der Waals surface area contributed by atoms with Crippen molar-refractivity contribution in [1.82, 2.24) is 0 Å². The smallest absolute Gasteiger partial charge is 0.0606 e. The number of rotatable bonds is 2. The summed E-state index contributed by atoms with van der Waals surface area (Å²) in [6, 6.07) is 23.4. The second kappa shape index (κ2) is 5.39. The molecule has 22 heavy (non-hydrogen) atoms. The van der Waals surface area contributed by atoms with Crippen LogP contribution in [0.3, 0.4) is 0 Å². The molecule has 0 radical (unpaired) electrons. The molecular weight excluding hydrogens is 286 g/mol. The minimum Gasteiger partial charge on any atom is -0.353 e. The molecule has 1 aliphatic heterocycles. The third-order valence-electron chi connectivity index (χ3n) is 3.83. The molecule has 1 nitrogen and oxygen atoms in total. The zero-order valence-corrected chi connectivity index (χ0v) is 12.9. The van der Waals surface area contributed by atoms with Gasteiger partial charge in [0.05, 0.1) is 11.4 Å². The Morgan fingerprint density at radius 1 is 0.864 bits per heavy atom. The number of anilines is 2. The van der Waals surface area contributed by atoms with Crippen LogP contribution >= 0.6 is 11.8 Å². The second-order valence-corrected chi connectivity index (χ2v) is 6.32. The predicted octanol–water partition coefficient (Wildman–Crippen LogP) is 6.20. The van der Waals surface area contributed by atoms with Crippen molar-refractivity contribution in [1.29, 1.82) is 0 Å². The van der Waals surface area contributed by atoms with Crippen molar-refractivity contribution in [2.24, 2.45) is 0 Å². The first-order chi connectivity index (χ1) is 10.8. The van der Waals surface area contributed by atoms with Gasteiger partial charge < -0.3 is 5.32 Å². The van der Waals surface area contributed by atoms with E-state index in [0.717, 1.165) is 11.3 Å². The second-order valence-electron chi connectivity index (χ2n) is 5.23. The Bertz CT molecular complexity index is 853. The molecule has 0 fully saturated rings. The van der Waals surface area contributed by atoms with E-state index >= 15 is 0 Å². The minimum atomic E-state index is 1.13. The highest BCUT2D eigenvalue weighted by atomic mass is 32.2. The Labute approximate surface area is 134 Å². The maximum absolute atomic E-state index is 3.85. The fraction of sp³-hybridized carbons (Fsp3) is 0. The average molecular weight is 301 g/mol. The van der Waals surface area contributed by atoms with Gasteiger partial charge in [-0.2, -0.15) is 0 Å². The van der Waals surface area contributed by atoms with Gasteiger partial charge in [-0.25, -0.2) is 0 Å². The molecule has 1 aliphatic rings. The predicted molar refractivity (Wildman–Crippen MR) is 95.8 cm³/mol. The van der Waals surface area contributed by atoms with Gasteiger partial charge >= 0.3 is 0 Å². The molecule has 1 heterocycles. The molecule has 0 spiro atoms. The molecule has 0 saturated carbocycles. The first-order valence-corrected chi connectivity index (χ1v) is 8.06. The molecule has 3 aromatic rings. The van der Waals surface area contributed by atoms with Crippen LogP contribution in [-0.4, -0.2) is 0 Å². The molecule has 0 atom stereocenters. The minimum absolute atomic E-state index is 1.13. The fourth-order valence-electron chi connectivity index (χ4n) is 2.72. The van der Waals surface area contributed by atoms with Gasteiger partial charge in [0.15, 0.2) is 0 Å². The summed E-state index contributed by atoms with van der Waals surface area (Å²) in [5, 5.41) is 3.61. The van der Waals surface area contributed by atoms with E-state index in [2.05, 4.69) is 72.6 Å². The quantitative estimate of drug-likeness (QED) is 0.472. The first kappa shape index (κ1) is 13.2. The van der Waals surface area contributed by atoms with Crippen LogP contribution in [0.2, 0.25) is 0 Å². The molecular formula is C20H15NS. The lowest BCUT2D eigenvalue weighted by Gasteiger charge is -2.23. The molecule has 0 saturated heterocycles. The maximum Gasteiger partial charge on any atom is 0.0606 e. The number of nitrogens with one attached hydrogen (secondary N) is 1. The van der Waals surface area contributed by atoms with Gasteiger partial charge in [-0.05, 0) is 29.3 Å². The molecule has 0 aliphatic carbocycles. The third-order valence-corrected chi connectivity index (χ3v) is 4.97. The molecule has 106 valence electrons. The Balaban J connectivity index is 1.84. The largest absolute Gasteiger partial charge is 0.353 e. The van der Waals surface area contributed by atoms with Gasteiger partial charge in [0.2, 0.25) is 0 Å². The highest BCUT2D eigenvalue weighted by Crippen LogP contribution is 2.48. The summed E-state index contributed by atoms with van der Waals surface area (Å²) in [7, 11) is 0. The molecule has 2 heteroatoms. The van der Waals surface area contributed by atoms with Crippen molar-refractivity contribution in [3.63, 3.8) is 0 Å². The molecule has 0 amide bonds. The van der Waals surface area contributed by atoms with E-state index < -0.39 is 0 Å². The zero-order chi connectivity index (χ0) is 14.9. The maximum atomic E-state index is 3.85. The van der Waals surface area contributed by atoms with Crippen LogP contribution in [0.4, 0.5) is 11.4 Å². The molecule has 0 bridgehead atoms. The van der Waals surface area contributed by atoms with Crippen molar-refractivity contribution in [2.45, 2.75) is 9.79 Å². The van der Waals surface area contributed by atoms with Crippen LogP contribution in [0.15, 0.2) is 83.1 Å². The Morgan fingerprint density at radius 2 is 1.73 bits per heavy atom. The Hall–Kier alpha value is -2.45. The molecule has 3 aromatic carbocycles. The Kier molecular flexibility index (Phi) is 3.24. The van der Waals surface area contributed by atoms with Crippen LogP contribution in [0.1, 0.15) is 5.56 Å².